The Bertz CT molecular complexity index is 1260. The number of hydrogen-bond donors (Lipinski definition) is 4. The van der Waals surface area contributed by atoms with Crippen molar-refractivity contribution in [1.29, 1.82) is 0 Å². The Hall–Kier alpha value is -3.41. The maximum Gasteiger partial charge on any atom is 0.256 e. The molecule has 0 bridgehead atoms. The number of nitrogens with one attached hydrogen (secondary N) is 2. The summed E-state index contributed by atoms with van der Waals surface area (Å²) in [6, 6.07) is 15.1. The molecule has 3 aromatic carbocycles. The number of hydrogen-bond acceptors (Lipinski definition) is 6. The molecule has 0 heterocycles. The molecule has 0 aliphatic rings. The minimum atomic E-state index is -4.03. The summed E-state index contributed by atoms with van der Waals surface area (Å²) in [5.74, 6) is -1.75. The summed E-state index contributed by atoms with van der Waals surface area (Å²) in [6.07, 6.45) is 0. The second-order valence-corrected chi connectivity index (χ2v) is 9.10. The lowest BCUT2D eigenvalue weighted by Crippen LogP contribution is -2.16. The predicted octanol–water partition coefficient (Wildman–Crippen LogP) is 3.16. The fourth-order valence-electron chi connectivity index (χ4n) is 2.64. The molecule has 8 nitrogen and oxygen atoms in total. The van der Waals surface area contributed by atoms with Gasteiger partial charge >= 0.3 is 0 Å². The van der Waals surface area contributed by atoms with E-state index in [1.54, 1.807) is 18.2 Å². The van der Waals surface area contributed by atoms with Crippen molar-refractivity contribution in [3.8, 4) is 5.75 Å². The summed E-state index contributed by atoms with van der Waals surface area (Å²) in [6.45, 7) is 0. The molecule has 0 aliphatic carbocycles. The van der Waals surface area contributed by atoms with Crippen molar-refractivity contribution < 1.29 is 27.5 Å². The number of carbonyl (C=O) groups excluding carboxylic acids is 2. The van der Waals surface area contributed by atoms with Crippen LogP contribution in [0.4, 0.5) is 15.8 Å². The molecule has 0 aromatic heterocycles. The van der Waals surface area contributed by atoms with E-state index in [4.69, 9.17) is 5.14 Å². The number of carbonyl (C=O) groups is 2. The second-order valence-electron chi connectivity index (χ2n) is 6.52. The van der Waals surface area contributed by atoms with Gasteiger partial charge in [0.1, 0.15) is 11.6 Å². The van der Waals surface area contributed by atoms with E-state index in [-0.39, 0.29) is 33.6 Å². The van der Waals surface area contributed by atoms with Crippen molar-refractivity contribution in [1.82, 2.24) is 0 Å². The predicted molar refractivity (Wildman–Crippen MR) is 120 cm³/mol. The zero-order valence-electron chi connectivity index (χ0n) is 16.4. The van der Waals surface area contributed by atoms with E-state index in [0.29, 0.717) is 10.6 Å². The molecular weight excluding hydrogens is 457 g/mol. The molecule has 0 aliphatic heterocycles. The lowest BCUT2D eigenvalue weighted by Gasteiger charge is -2.12. The van der Waals surface area contributed by atoms with Crippen LogP contribution >= 0.6 is 11.8 Å². The van der Waals surface area contributed by atoms with Gasteiger partial charge in [0, 0.05) is 10.6 Å². The van der Waals surface area contributed by atoms with Gasteiger partial charge in [-0.2, -0.15) is 0 Å². The number of primary sulfonamides is 1. The molecule has 0 saturated heterocycles. The van der Waals surface area contributed by atoms with Gasteiger partial charge in [-0.05, 0) is 54.6 Å². The summed E-state index contributed by atoms with van der Waals surface area (Å²) in [5, 5.41) is 20.1. The van der Waals surface area contributed by atoms with Gasteiger partial charge in [0.25, 0.3) is 5.91 Å². The maximum absolute atomic E-state index is 13.0. The summed E-state index contributed by atoms with van der Waals surface area (Å²) >= 11 is 1.10. The summed E-state index contributed by atoms with van der Waals surface area (Å²) in [4.78, 5) is 25.2. The highest BCUT2D eigenvalue weighted by molar-refractivity contribution is 8.00. The summed E-state index contributed by atoms with van der Waals surface area (Å²) < 4.78 is 36.0. The Morgan fingerprint density at radius 2 is 1.69 bits per heavy atom. The van der Waals surface area contributed by atoms with E-state index in [2.05, 4.69) is 10.6 Å². The van der Waals surface area contributed by atoms with E-state index < -0.39 is 21.7 Å². The SMILES string of the molecule is NS(=O)(=O)c1ccc(O)c(NC(=O)c2ccccc2SCC(=O)Nc2ccc(F)cc2)c1. The molecule has 5 N–H and O–H groups in total. The highest BCUT2D eigenvalue weighted by atomic mass is 32.2. The first-order valence-electron chi connectivity index (χ1n) is 9.08. The molecule has 32 heavy (non-hydrogen) atoms. The van der Waals surface area contributed by atoms with Gasteiger partial charge in [-0.15, -0.1) is 11.8 Å². The minimum Gasteiger partial charge on any atom is -0.506 e. The number of halogens is 1. The molecule has 0 radical (unpaired) electrons. The molecular formula is C21H18FN3O5S2. The van der Waals surface area contributed by atoms with Crippen LogP contribution in [0.3, 0.4) is 0 Å². The van der Waals surface area contributed by atoms with E-state index in [9.17, 15) is 27.5 Å². The number of nitrogens with two attached hydrogens (primary N) is 1. The zero-order chi connectivity index (χ0) is 23.3. The van der Waals surface area contributed by atoms with Crippen LogP contribution in [0.15, 0.2) is 76.5 Å². The molecule has 0 fully saturated rings. The molecule has 11 heteroatoms. The van der Waals surface area contributed by atoms with Crippen LogP contribution in [0.25, 0.3) is 0 Å². The van der Waals surface area contributed by atoms with Crippen LogP contribution < -0.4 is 15.8 Å². The average Bonchev–Trinajstić information content (AvgIpc) is 2.75. The number of phenolic OH excluding ortho intramolecular Hbond substituents is 1. The molecule has 2 amide bonds. The van der Waals surface area contributed by atoms with Crippen molar-refractivity contribution in [2.75, 3.05) is 16.4 Å². The van der Waals surface area contributed by atoms with Crippen LogP contribution in [0.2, 0.25) is 0 Å². The number of benzene rings is 3. The Balaban J connectivity index is 1.71. The number of phenols is 1. The van der Waals surface area contributed by atoms with Crippen LogP contribution in [-0.4, -0.2) is 31.1 Å². The third kappa shape index (κ3) is 6.06. The Kier molecular flexibility index (Phi) is 7.13. The van der Waals surface area contributed by atoms with Crippen molar-refractivity contribution in [2.24, 2.45) is 5.14 Å². The van der Waals surface area contributed by atoms with Gasteiger partial charge in [0.15, 0.2) is 0 Å². The lowest BCUT2D eigenvalue weighted by molar-refractivity contribution is -0.113. The smallest absolute Gasteiger partial charge is 0.256 e. The highest BCUT2D eigenvalue weighted by Gasteiger charge is 2.17. The zero-order valence-corrected chi connectivity index (χ0v) is 18.0. The minimum absolute atomic E-state index is 0.0200. The Morgan fingerprint density at radius 1 is 1.00 bits per heavy atom. The molecule has 0 spiro atoms. The lowest BCUT2D eigenvalue weighted by atomic mass is 10.2. The fraction of sp³-hybridized carbons (Fsp3) is 0.0476. The number of thioether (sulfide) groups is 1. The number of anilines is 2. The highest BCUT2D eigenvalue weighted by Crippen LogP contribution is 2.28. The number of rotatable bonds is 7. The molecule has 166 valence electrons. The summed E-state index contributed by atoms with van der Waals surface area (Å²) in [7, 11) is -4.03. The monoisotopic (exact) mass is 475 g/mol. The van der Waals surface area contributed by atoms with Gasteiger partial charge < -0.3 is 15.7 Å². The topological polar surface area (TPSA) is 139 Å². The van der Waals surface area contributed by atoms with Gasteiger partial charge in [-0.25, -0.2) is 17.9 Å². The van der Waals surface area contributed by atoms with Crippen molar-refractivity contribution in [3.63, 3.8) is 0 Å². The Morgan fingerprint density at radius 3 is 2.38 bits per heavy atom. The van der Waals surface area contributed by atoms with Gasteiger partial charge in [0.2, 0.25) is 15.9 Å². The molecule has 0 unspecified atom stereocenters. The first-order valence-corrected chi connectivity index (χ1v) is 11.6. The van der Waals surface area contributed by atoms with E-state index >= 15 is 0 Å². The Labute approximate surface area is 187 Å². The van der Waals surface area contributed by atoms with Crippen molar-refractivity contribution in [2.45, 2.75) is 9.79 Å². The van der Waals surface area contributed by atoms with Gasteiger partial charge in [0.05, 0.1) is 21.9 Å². The van der Waals surface area contributed by atoms with Gasteiger partial charge in [-0.3, -0.25) is 9.59 Å². The molecule has 3 rings (SSSR count). The number of amides is 2. The first-order chi connectivity index (χ1) is 15.1. The van der Waals surface area contributed by atoms with E-state index in [1.807, 2.05) is 0 Å². The quantitative estimate of drug-likeness (QED) is 0.306. The van der Waals surface area contributed by atoms with Crippen LogP contribution in [0.1, 0.15) is 10.4 Å². The van der Waals surface area contributed by atoms with Crippen LogP contribution in [0, 0.1) is 5.82 Å². The van der Waals surface area contributed by atoms with E-state index in [1.165, 1.54) is 30.3 Å². The largest absolute Gasteiger partial charge is 0.506 e. The second kappa shape index (κ2) is 9.81. The standard InChI is InChI=1S/C21H18FN3O5S2/c22-13-5-7-14(8-6-13)24-20(27)12-31-19-4-2-1-3-16(19)21(28)25-17-11-15(32(23,29)30)9-10-18(17)26/h1-11,26H,12H2,(H,24,27)(H,25,28)(H2,23,29,30). The van der Waals surface area contributed by atoms with Crippen LogP contribution in [-0.2, 0) is 14.8 Å². The first kappa shape index (κ1) is 23.3. The third-order valence-corrected chi connectivity index (χ3v) is 6.15. The number of sulfonamides is 1. The molecule has 3 aromatic rings. The van der Waals surface area contributed by atoms with E-state index in [0.717, 1.165) is 30.0 Å². The average molecular weight is 476 g/mol. The summed E-state index contributed by atoms with van der Waals surface area (Å²) in [5.41, 5.74) is 0.524. The molecule has 0 saturated carbocycles. The van der Waals surface area contributed by atoms with Crippen LogP contribution in [0.5, 0.6) is 5.75 Å². The fourth-order valence-corrected chi connectivity index (χ4v) is 4.03. The molecule has 0 atom stereocenters. The van der Waals surface area contributed by atoms with Crippen molar-refractivity contribution >= 4 is 45.0 Å². The maximum atomic E-state index is 13.0. The normalized spacial score (nSPS) is 11.1. The third-order valence-electron chi connectivity index (χ3n) is 4.16. The number of aromatic hydroxyl groups is 1. The van der Waals surface area contributed by atoms with Crippen molar-refractivity contribution in [3.05, 3.63) is 78.1 Å². The van der Waals surface area contributed by atoms with Gasteiger partial charge in [-0.1, -0.05) is 12.1 Å².